The van der Waals surface area contributed by atoms with Crippen molar-refractivity contribution in [1.29, 1.82) is 0 Å². The lowest BCUT2D eigenvalue weighted by Crippen LogP contribution is -2.31. The minimum Gasteiger partial charge on any atom is -0.484 e. The molecule has 1 saturated heterocycles. The third-order valence-corrected chi connectivity index (χ3v) is 4.39. The van der Waals surface area contributed by atoms with Crippen molar-refractivity contribution in [2.45, 2.75) is 25.8 Å². The van der Waals surface area contributed by atoms with Crippen molar-refractivity contribution in [3.05, 3.63) is 59.7 Å². The number of carbonyl (C=O) groups excluding carboxylic acids is 2. The first-order chi connectivity index (χ1) is 12.9. The molecule has 1 N–H and O–H groups in total. The predicted molar refractivity (Wildman–Crippen MR) is 96.4 cm³/mol. The average Bonchev–Trinajstić information content (AvgIpc) is 3.08. The van der Waals surface area contributed by atoms with E-state index in [0.29, 0.717) is 24.3 Å². The Morgan fingerprint density at radius 2 is 2.04 bits per heavy atom. The largest absolute Gasteiger partial charge is 0.484 e. The highest BCUT2D eigenvalue weighted by Gasteiger charge is 2.22. The lowest BCUT2D eigenvalue weighted by molar-refractivity contribution is -0.123. The molecule has 1 heterocycles. The summed E-state index contributed by atoms with van der Waals surface area (Å²) in [6, 6.07) is 10.0. The third kappa shape index (κ3) is 4.61. The zero-order valence-electron chi connectivity index (χ0n) is 14.9. The molecule has 2 amide bonds. The van der Waals surface area contributed by atoms with Crippen LogP contribution in [0.2, 0.25) is 0 Å². The molecule has 1 aliphatic rings. The topological polar surface area (TPSA) is 58.6 Å². The van der Waals surface area contributed by atoms with E-state index in [1.165, 1.54) is 6.07 Å². The van der Waals surface area contributed by atoms with Crippen molar-refractivity contribution >= 4 is 17.5 Å². The second kappa shape index (κ2) is 8.16. The molecule has 0 aromatic heterocycles. The highest BCUT2D eigenvalue weighted by atomic mass is 19.2. The van der Waals surface area contributed by atoms with Gasteiger partial charge in [0.25, 0.3) is 5.91 Å². The van der Waals surface area contributed by atoms with Gasteiger partial charge in [-0.2, -0.15) is 0 Å². The first-order valence-corrected chi connectivity index (χ1v) is 8.71. The van der Waals surface area contributed by atoms with Gasteiger partial charge in [0.05, 0.1) is 6.04 Å². The first-order valence-electron chi connectivity index (χ1n) is 8.71. The van der Waals surface area contributed by atoms with Gasteiger partial charge in [0.2, 0.25) is 5.91 Å². The summed E-state index contributed by atoms with van der Waals surface area (Å²) in [5.74, 6) is -1.74. The number of hydrogen-bond donors (Lipinski definition) is 1. The average molecular weight is 374 g/mol. The van der Waals surface area contributed by atoms with Gasteiger partial charge in [0.1, 0.15) is 5.75 Å². The zero-order chi connectivity index (χ0) is 19.4. The minimum absolute atomic E-state index is 0.0743. The zero-order valence-corrected chi connectivity index (χ0v) is 14.9. The lowest BCUT2D eigenvalue weighted by Gasteiger charge is -2.17. The van der Waals surface area contributed by atoms with Crippen LogP contribution in [0, 0.1) is 11.6 Å². The van der Waals surface area contributed by atoms with E-state index in [4.69, 9.17) is 4.74 Å². The van der Waals surface area contributed by atoms with E-state index in [2.05, 4.69) is 5.32 Å². The van der Waals surface area contributed by atoms with Gasteiger partial charge in [-0.05, 0) is 43.2 Å². The molecule has 1 atom stereocenters. The van der Waals surface area contributed by atoms with Gasteiger partial charge in [-0.15, -0.1) is 0 Å². The molecule has 7 heteroatoms. The molecular formula is C20H20F2N2O3. The molecule has 1 unspecified atom stereocenters. The molecule has 27 heavy (non-hydrogen) atoms. The van der Waals surface area contributed by atoms with Crippen LogP contribution in [0.4, 0.5) is 14.5 Å². The van der Waals surface area contributed by atoms with Crippen molar-refractivity contribution in [2.24, 2.45) is 0 Å². The van der Waals surface area contributed by atoms with Crippen molar-refractivity contribution in [3.8, 4) is 5.75 Å². The molecule has 5 nitrogen and oxygen atoms in total. The van der Waals surface area contributed by atoms with Gasteiger partial charge < -0.3 is 15.0 Å². The Labute approximate surface area is 155 Å². The van der Waals surface area contributed by atoms with Crippen LogP contribution in [0.15, 0.2) is 42.5 Å². The van der Waals surface area contributed by atoms with Gasteiger partial charge in [0.15, 0.2) is 18.2 Å². The Bertz CT molecular complexity index is 857. The first kappa shape index (κ1) is 18.8. The summed E-state index contributed by atoms with van der Waals surface area (Å²) in [5, 5.41) is 2.67. The number of nitrogens with one attached hydrogen (secondary N) is 1. The van der Waals surface area contributed by atoms with Crippen molar-refractivity contribution in [3.63, 3.8) is 0 Å². The molecule has 2 aromatic rings. The number of anilines is 1. The summed E-state index contributed by atoms with van der Waals surface area (Å²) in [4.78, 5) is 25.6. The fraction of sp³-hybridized carbons (Fsp3) is 0.300. The number of rotatable bonds is 6. The summed E-state index contributed by atoms with van der Waals surface area (Å²) in [5.41, 5.74) is 1.20. The van der Waals surface area contributed by atoms with E-state index in [1.807, 2.05) is 6.07 Å². The van der Waals surface area contributed by atoms with E-state index in [-0.39, 0.29) is 12.5 Å². The van der Waals surface area contributed by atoms with Gasteiger partial charge in [-0.1, -0.05) is 12.1 Å². The van der Waals surface area contributed by atoms with E-state index < -0.39 is 23.6 Å². The van der Waals surface area contributed by atoms with Crippen LogP contribution >= 0.6 is 0 Å². The smallest absolute Gasteiger partial charge is 0.258 e. The summed E-state index contributed by atoms with van der Waals surface area (Å²) >= 11 is 0. The highest BCUT2D eigenvalue weighted by Crippen LogP contribution is 2.25. The number of benzene rings is 2. The van der Waals surface area contributed by atoms with Gasteiger partial charge in [-0.25, -0.2) is 8.78 Å². The highest BCUT2D eigenvalue weighted by molar-refractivity contribution is 5.95. The number of halogens is 2. The standard InChI is InChI=1S/C20H20F2N2O3/c1-13(14-7-8-17(21)18(22)10-14)23-19(25)12-27-16-5-2-4-15(11-16)24-9-3-6-20(24)26/h2,4-5,7-8,10-11,13H,3,6,9,12H2,1H3,(H,23,25). The van der Waals surface area contributed by atoms with Crippen LogP contribution in [0.5, 0.6) is 5.75 Å². The van der Waals surface area contributed by atoms with Gasteiger partial charge in [0, 0.05) is 24.7 Å². The molecule has 0 aliphatic carbocycles. The van der Waals surface area contributed by atoms with Crippen molar-refractivity contribution in [1.82, 2.24) is 5.32 Å². The molecule has 2 aromatic carbocycles. The maximum Gasteiger partial charge on any atom is 0.258 e. The summed E-state index contributed by atoms with van der Waals surface area (Å²) in [7, 11) is 0. The second-order valence-electron chi connectivity index (χ2n) is 6.40. The van der Waals surface area contributed by atoms with Crippen LogP contribution in [0.1, 0.15) is 31.4 Å². The number of nitrogens with zero attached hydrogens (tertiary/aromatic N) is 1. The molecule has 0 saturated carbocycles. The normalized spacial score (nSPS) is 14.9. The summed E-state index contributed by atoms with van der Waals surface area (Å²) in [6.45, 7) is 2.12. The fourth-order valence-corrected chi connectivity index (χ4v) is 2.96. The summed E-state index contributed by atoms with van der Waals surface area (Å²) in [6.07, 6.45) is 1.36. The van der Waals surface area contributed by atoms with Crippen LogP contribution < -0.4 is 15.0 Å². The minimum atomic E-state index is -0.960. The Hall–Kier alpha value is -2.96. The fourth-order valence-electron chi connectivity index (χ4n) is 2.96. The third-order valence-electron chi connectivity index (χ3n) is 4.39. The SMILES string of the molecule is CC(NC(=O)COc1cccc(N2CCCC2=O)c1)c1ccc(F)c(F)c1. The van der Waals surface area contributed by atoms with E-state index >= 15 is 0 Å². The molecule has 0 radical (unpaired) electrons. The summed E-state index contributed by atoms with van der Waals surface area (Å²) < 4.78 is 31.8. The molecule has 1 fully saturated rings. The molecule has 0 spiro atoms. The number of hydrogen-bond acceptors (Lipinski definition) is 3. The Morgan fingerprint density at radius 1 is 1.22 bits per heavy atom. The second-order valence-corrected chi connectivity index (χ2v) is 6.40. The molecular weight excluding hydrogens is 354 g/mol. The Morgan fingerprint density at radius 3 is 2.74 bits per heavy atom. The maximum absolute atomic E-state index is 13.3. The van der Waals surface area contributed by atoms with Gasteiger partial charge >= 0.3 is 0 Å². The lowest BCUT2D eigenvalue weighted by atomic mass is 10.1. The molecule has 0 bridgehead atoms. The van der Waals surface area contributed by atoms with E-state index in [9.17, 15) is 18.4 Å². The van der Waals surface area contributed by atoms with Crippen molar-refractivity contribution in [2.75, 3.05) is 18.1 Å². The molecule has 1 aliphatic heterocycles. The van der Waals surface area contributed by atoms with Gasteiger partial charge in [-0.3, -0.25) is 9.59 Å². The van der Waals surface area contributed by atoms with E-state index in [0.717, 1.165) is 24.2 Å². The van der Waals surface area contributed by atoms with Crippen LogP contribution in [-0.4, -0.2) is 25.0 Å². The Balaban J connectivity index is 1.56. The maximum atomic E-state index is 13.3. The number of amides is 2. The monoisotopic (exact) mass is 374 g/mol. The Kier molecular flexibility index (Phi) is 5.69. The van der Waals surface area contributed by atoms with Crippen molar-refractivity contribution < 1.29 is 23.1 Å². The molecule has 3 rings (SSSR count). The number of carbonyl (C=O) groups is 2. The predicted octanol–water partition coefficient (Wildman–Crippen LogP) is 3.35. The van der Waals surface area contributed by atoms with Crippen LogP contribution in [0.3, 0.4) is 0 Å². The number of ether oxygens (including phenoxy) is 1. The van der Waals surface area contributed by atoms with E-state index in [1.54, 1.807) is 30.0 Å². The molecule has 142 valence electrons. The van der Waals surface area contributed by atoms with Crippen LogP contribution in [-0.2, 0) is 9.59 Å². The van der Waals surface area contributed by atoms with Crippen LogP contribution in [0.25, 0.3) is 0 Å². The quantitative estimate of drug-likeness (QED) is 0.844.